The van der Waals surface area contributed by atoms with Crippen LogP contribution in [0.25, 0.3) is 0 Å². The van der Waals surface area contributed by atoms with Crippen LogP contribution in [0.4, 0.5) is 4.39 Å². The maximum Gasteiger partial charge on any atom is 0.230 e. The molecule has 0 aromatic heterocycles. The normalized spacial score (nSPS) is 15.9. The highest BCUT2D eigenvalue weighted by Crippen LogP contribution is 2.43. The number of halogens is 2. The summed E-state index contributed by atoms with van der Waals surface area (Å²) in [7, 11) is 0. The molecular formula is C18H17BrFNO. The lowest BCUT2D eigenvalue weighted by Crippen LogP contribution is -2.49. The lowest BCUT2D eigenvalue weighted by Gasteiger charge is -2.40. The van der Waals surface area contributed by atoms with Crippen molar-refractivity contribution in [2.24, 2.45) is 0 Å². The van der Waals surface area contributed by atoms with Crippen LogP contribution in [0.3, 0.4) is 0 Å². The second kappa shape index (κ2) is 6.21. The van der Waals surface area contributed by atoms with E-state index in [0.29, 0.717) is 6.54 Å². The largest absolute Gasteiger partial charge is 0.351 e. The molecular weight excluding hydrogens is 345 g/mol. The Morgan fingerprint density at radius 3 is 2.55 bits per heavy atom. The highest BCUT2D eigenvalue weighted by atomic mass is 79.9. The van der Waals surface area contributed by atoms with Crippen molar-refractivity contribution in [2.45, 2.75) is 31.2 Å². The maximum atomic E-state index is 13.3. The van der Waals surface area contributed by atoms with Gasteiger partial charge in [0.05, 0.1) is 5.41 Å². The van der Waals surface area contributed by atoms with Gasteiger partial charge in [-0.05, 0) is 42.2 Å². The summed E-state index contributed by atoms with van der Waals surface area (Å²) >= 11 is 3.39. The van der Waals surface area contributed by atoms with Crippen LogP contribution in [0.5, 0.6) is 0 Å². The molecule has 1 aliphatic carbocycles. The van der Waals surface area contributed by atoms with Crippen LogP contribution in [-0.2, 0) is 16.8 Å². The van der Waals surface area contributed by atoms with Crippen molar-refractivity contribution in [3.8, 4) is 0 Å². The van der Waals surface area contributed by atoms with Gasteiger partial charge in [0, 0.05) is 11.0 Å². The molecule has 0 heterocycles. The van der Waals surface area contributed by atoms with Gasteiger partial charge in [-0.15, -0.1) is 0 Å². The average molecular weight is 362 g/mol. The number of hydrogen-bond acceptors (Lipinski definition) is 1. The van der Waals surface area contributed by atoms with Gasteiger partial charge < -0.3 is 5.32 Å². The minimum Gasteiger partial charge on any atom is -0.351 e. The molecule has 0 unspecified atom stereocenters. The Labute approximate surface area is 137 Å². The zero-order chi connectivity index (χ0) is 15.6. The first-order valence-corrected chi connectivity index (χ1v) is 8.19. The van der Waals surface area contributed by atoms with Crippen LogP contribution in [0.15, 0.2) is 53.0 Å². The maximum absolute atomic E-state index is 13.3. The number of nitrogens with one attached hydrogen (secondary N) is 1. The third-order valence-corrected chi connectivity index (χ3v) is 5.19. The van der Waals surface area contributed by atoms with Gasteiger partial charge in [0.25, 0.3) is 0 Å². The van der Waals surface area contributed by atoms with Gasteiger partial charge in [0.1, 0.15) is 5.82 Å². The summed E-state index contributed by atoms with van der Waals surface area (Å²) in [4.78, 5) is 12.7. The first kappa shape index (κ1) is 15.2. The van der Waals surface area contributed by atoms with E-state index in [1.165, 1.54) is 12.1 Å². The fourth-order valence-corrected chi connectivity index (χ4v) is 3.34. The van der Waals surface area contributed by atoms with E-state index in [0.717, 1.165) is 34.9 Å². The van der Waals surface area contributed by atoms with E-state index < -0.39 is 5.41 Å². The molecule has 2 nitrogen and oxygen atoms in total. The van der Waals surface area contributed by atoms with E-state index in [9.17, 15) is 9.18 Å². The fourth-order valence-electron chi connectivity index (χ4n) is 2.96. The monoisotopic (exact) mass is 361 g/mol. The Balaban J connectivity index is 1.75. The molecule has 1 N–H and O–H groups in total. The van der Waals surface area contributed by atoms with Crippen molar-refractivity contribution < 1.29 is 9.18 Å². The number of amides is 1. The van der Waals surface area contributed by atoms with E-state index in [1.807, 2.05) is 30.3 Å². The molecule has 114 valence electrons. The third-order valence-electron chi connectivity index (χ3n) is 4.42. The van der Waals surface area contributed by atoms with Gasteiger partial charge >= 0.3 is 0 Å². The molecule has 0 saturated heterocycles. The molecule has 4 heteroatoms. The summed E-state index contributed by atoms with van der Waals surface area (Å²) in [6, 6.07) is 14.4. The lowest BCUT2D eigenvalue weighted by atomic mass is 9.64. The first-order chi connectivity index (χ1) is 10.6. The van der Waals surface area contributed by atoms with Crippen molar-refractivity contribution >= 4 is 21.8 Å². The standard InChI is InChI=1S/C18H17BrFNO/c19-16-8-7-15(20)11-13(16)12-21-17(22)18(9-4-10-18)14-5-2-1-3-6-14/h1-3,5-8,11H,4,9-10,12H2,(H,21,22). The van der Waals surface area contributed by atoms with Gasteiger partial charge in [-0.3, -0.25) is 4.79 Å². The van der Waals surface area contributed by atoms with Crippen molar-refractivity contribution in [1.82, 2.24) is 5.32 Å². The number of carbonyl (C=O) groups is 1. The van der Waals surface area contributed by atoms with Gasteiger partial charge in [-0.1, -0.05) is 52.7 Å². The number of carbonyl (C=O) groups excluding carboxylic acids is 1. The van der Waals surface area contributed by atoms with Crippen LogP contribution >= 0.6 is 15.9 Å². The zero-order valence-electron chi connectivity index (χ0n) is 12.1. The molecule has 1 saturated carbocycles. The highest BCUT2D eigenvalue weighted by molar-refractivity contribution is 9.10. The molecule has 0 atom stereocenters. The Kier molecular flexibility index (Phi) is 4.30. The zero-order valence-corrected chi connectivity index (χ0v) is 13.7. The quantitative estimate of drug-likeness (QED) is 0.862. The molecule has 0 spiro atoms. The van der Waals surface area contributed by atoms with Gasteiger partial charge in [0.15, 0.2) is 0 Å². The van der Waals surface area contributed by atoms with Crippen LogP contribution in [0, 0.1) is 5.82 Å². The van der Waals surface area contributed by atoms with Gasteiger partial charge in [-0.25, -0.2) is 4.39 Å². The van der Waals surface area contributed by atoms with E-state index in [1.54, 1.807) is 6.07 Å². The molecule has 0 radical (unpaired) electrons. The van der Waals surface area contributed by atoms with Crippen LogP contribution < -0.4 is 5.32 Å². The molecule has 1 aliphatic rings. The van der Waals surface area contributed by atoms with Crippen molar-refractivity contribution in [2.75, 3.05) is 0 Å². The molecule has 1 fully saturated rings. The second-order valence-electron chi connectivity index (χ2n) is 5.72. The third kappa shape index (κ3) is 2.80. The molecule has 0 aliphatic heterocycles. The molecule has 1 amide bonds. The van der Waals surface area contributed by atoms with E-state index >= 15 is 0 Å². The summed E-state index contributed by atoms with van der Waals surface area (Å²) < 4.78 is 14.1. The molecule has 22 heavy (non-hydrogen) atoms. The SMILES string of the molecule is O=C(NCc1cc(F)ccc1Br)C1(c2ccccc2)CCC1. The van der Waals surface area contributed by atoms with Crippen molar-refractivity contribution in [3.63, 3.8) is 0 Å². The summed E-state index contributed by atoms with van der Waals surface area (Å²) in [6.07, 6.45) is 2.80. The summed E-state index contributed by atoms with van der Waals surface area (Å²) in [5, 5.41) is 2.97. The molecule has 0 bridgehead atoms. The molecule has 2 aromatic carbocycles. The van der Waals surface area contributed by atoms with E-state index in [-0.39, 0.29) is 11.7 Å². The smallest absolute Gasteiger partial charge is 0.230 e. The highest BCUT2D eigenvalue weighted by Gasteiger charge is 2.45. The van der Waals surface area contributed by atoms with Crippen LogP contribution in [-0.4, -0.2) is 5.91 Å². The Bertz CT molecular complexity index is 683. The number of rotatable bonds is 4. The summed E-state index contributed by atoms with van der Waals surface area (Å²) in [6.45, 7) is 0.325. The Hall–Kier alpha value is -1.68. The predicted octanol–water partition coefficient (Wildman–Crippen LogP) is 4.33. The van der Waals surface area contributed by atoms with E-state index in [4.69, 9.17) is 0 Å². The topological polar surface area (TPSA) is 29.1 Å². The van der Waals surface area contributed by atoms with Gasteiger partial charge in [-0.2, -0.15) is 0 Å². The van der Waals surface area contributed by atoms with Crippen molar-refractivity contribution in [1.29, 1.82) is 0 Å². The molecule has 2 aromatic rings. The summed E-state index contributed by atoms with van der Waals surface area (Å²) in [5.74, 6) is -0.269. The fraction of sp³-hybridized carbons (Fsp3) is 0.278. The summed E-state index contributed by atoms with van der Waals surface area (Å²) in [5.41, 5.74) is 1.40. The first-order valence-electron chi connectivity index (χ1n) is 7.40. The minimum absolute atomic E-state index is 0.0288. The number of hydrogen-bond donors (Lipinski definition) is 1. The minimum atomic E-state index is -0.416. The Morgan fingerprint density at radius 2 is 1.91 bits per heavy atom. The van der Waals surface area contributed by atoms with Gasteiger partial charge in [0.2, 0.25) is 5.91 Å². The van der Waals surface area contributed by atoms with Crippen molar-refractivity contribution in [3.05, 3.63) is 69.9 Å². The predicted molar refractivity (Wildman–Crippen MR) is 87.9 cm³/mol. The Morgan fingerprint density at radius 1 is 1.18 bits per heavy atom. The number of benzene rings is 2. The molecule has 3 rings (SSSR count). The van der Waals surface area contributed by atoms with Crippen LogP contribution in [0.2, 0.25) is 0 Å². The average Bonchev–Trinajstić information content (AvgIpc) is 2.48. The lowest BCUT2D eigenvalue weighted by molar-refractivity contribution is -0.130. The second-order valence-corrected chi connectivity index (χ2v) is 6.57. The van der Waals surface area contributed by atoms with E-state index in [2.05, 4.69) is 21.2 Å². The van der Waals surface area contributed by atoms with Crippen LogP contribution in [0.1, 0.15) is 30.4 Å².